The van der Waals surface area contributed by atoms with Crippen LogP contribution < -0.4 is 15.3 Å². The molecule has 1 heterocycles. The van der Waals surface area contributed by atoms with Gasteiger partial charge in [0.25, 0.3) is 11.8 Å². The van der Waals surface area contributed by atoms with Crippen molar-refractivity contribution in [3.63, 3.8) is 0 Å². The molecule has 0 unspecified atom stereocenters. The fourth-order valence-electron chi connectivity index (χ4n) is 2.75. The van der Waals surface area contributed by atoms with E-state index < -0.39 is 17.8 Å². The molecule has 8 heteroatoms. The molecule has 3 rings (SSSR count). The molecule has 1 aliphatic heterocycles. The van der Waals surface area contributed by atoms with Gasteiger partial charge in [-0.25, -0.2) is 9.80 Å². The maximum atomic E-state index is 12.7. The summed E-state index contributed by atoms with van der Waals surface area (Å²) in [6.45, 7) is 0. The molecule has 28 heavy (non-hydrogen) atoms. The molecule has 1 fully saturated rings. The number of amides is 2. The molecule has 0 spiro atoms. The van der Waals surface area contributed by atoms with Crippen molar-refractivity contribution in [1.29, 1.82) is 0 Å². The van der Waals surface area contributed by atoms with Crippen molar-refractivity contribution < 1.29 is 19.1 Å². The van der Waals surface area contributed by atoms with Crippen molar-refractivity contribution in [3.05, 3.63) is 63.6 Å². The molecule has 0 radical (unpaired) electrons. The zero-order valence-corrected chi connectivity index (χ0v) is 17.1. The lowest BCUT2D eigenvalue weighted by molar-refractivity contribution is -0.117. The maximum absolute atomic E-state index is 12.7. The van der Waals surface area contributed by atoms with Crippen LogP contribution in [0.4, 0.5) is 11.4 Å². The van der Waals surface area contributed by atoms with Gasteiger partial charge in [0.15, 0.2) is 0 Å². The Morgan fingerprint density at radius 1 is 1.14 bits per heavy atom. The van der Waals surface area contributed by atoms with Crippen molar-refractivity contribution in [1.82, 2.24) is 5.43 Å². The van der Waals surface area contributed by atoms with Gasteiger partial charge in [-0.15, -0.1) is 0 Å². The van der Waals surface area contributed by atoms with E-state index in [2.05, 4.69) is 26.1 Å². The lowest BCUT2D eigenvalue weighted by Gasteiger charge is -2.15. The first-order valence-electron chi connectivity index (χ1n) is 8.34. The van der Waals surface area contributed by atoms with Crippen LogP contribution in [0.25, 0.3) is 6.08 Å². The van der Waals surface area contributed by atoms with Gasteiger partial charge in [0.2, 0.25) is 0 Å². The van der Waals surface area contributed by atoms with Gasteiger partial charge < -0.3 is 9.64 Å². The summed E-state index contributed by atoms with van der Waals surface area (Å²) in [5.74, 6) is -1.44. The number of nitrogens with one attached hydrogen (secondary N) is 1. The quantitative estimate of drug-likeness (QED) is 0.446. The molecule has 0 aliphatic carbocycles. The summed E-state index contributed by atoms with van der Waals surface area (Å²) in [6.07, 6.45) is 1.55. The Kier molecular flexibility index (Phi) is 5.51. The van der Waals surface area contributed by atoms with E-state index in [9.17, 15) is 14.4 Å². The summed E-state index contributed by atoms with van der Waals surface area (Å²) in [7, 11) is 5.14. The second-order valence-electron chi connectivity index (χ2n) is 6.28. The standard InChI is InChI=1S/C20H18BrN3O4/c1-23(2)17-9-4-12(11-16(17)21)10-15-18(25)22-24(19(15)26)14-7-5-13(6-8-14)20(27)28-3/h4-11H,1-3H3,(H,22,25)/b15-10+. The maximum Gasteiger partial charge on any atom is 0.337 e. The molecule has 144 valence electrons. The first kappa shape index (κ1) is 19.6. The molecule has 0 aromatic heterocycles. The van der Waals surface area contributed by atoms with E-state index in [1.54, 1.807) is 18.2 Å². The van der Waals surface area contributed by atoms with Crippen molar-refractivity contribution in [2.45, 2.75) is 0 Å². The van der Waals surface area contributed by atoms with Crippen molar-refractivity contribution in [2.75, 3.05) is 31.1 Å². The highest BCUT2D eigenvalue weighted by molar-refractivity contribution is 9.10. The molecule has 7 nitrogen and oxygen atoms in total. The minimum absolute atomic E-state index is 0.0292. The summed E-state index contributed by atoms with van der Waals surface area (Å²) >= 11 is 3.50. The Bertz CT molecular complexity index is 983. The normalized spacial score (nSPS) is 15.0. The molecule has 0 bridgehead atoms. The van der Waals surface area contributed by atoms with Crippen molar-refractivity contribution in [3.8, 4) is 0 Å². The van der Waals surface area contributed by atoms with Crippen molar-refractivity contribution >= 4 is 51.2 Å². The highest BCUT2D eigenvalue weighted by Crippen LogP contribution is 2.28. The number of carbonyl (C=O) groups is 3. The minimum Gasteiger partial charge on any atom is -0.465 e. The van der Waals surface area contributed by atoms with Crippen LogP contribution in [0.5, 0.6) is 0 Å². The number of benzene rings is 2. The topological polar surface area (TPSA) is 79.0 Å². The predicted octanol–water partition coefficient (Wildman–Crippen LogP) is 2.76. The largest absolute Gasteiger partial charge is 0.465 e. The average molecular weight is 444 g/mol. The third kappa shape index (κ3) is 3.77. The van der Waals surface area contributed by atoms with Gasteiger partial charge in [-0.05, 0) is 64.0 Å². The van der Waals surface area contributed by atoms with Crippen LogP contribution in [0.2, 0.25) is 0 Å². The number of anilines is 2. The molecule has 1 saturated heterocycles. The molecule has 2 aromatic rings. The van der Waals surface area contributed by atoms with Gasteiger partial charge in [0.1, 0.15) is 5.57 Å². The zero-order valence-electron chi connectivity index (χ0n) is 15.5. The number of hydrazine groups is 1. The molecular weight excluding hydrogens is 426 g/mol. The number of ether oxygens (including phenoxy) is 1. The number of hydrogen-bond acceptors (Lipinski definition) is 5. The third-order valence-corrected chi connectivity index (χ3v) is 4.84. The van der Waals surface area contributed by atoms with Gasteiger partial charge in [-0.1, -0.05) is 6.07 Å². The molecule has 1 N–H and O–H groups in total. The Labute approximate surface area is 170 Å². The summed E-state index contributed by atoms with van der Waals surface area (Å²) in [6, 6.07) is 11.8. The van der Waals surface area contributed by atoms with Gasteiger partial charge in [-0.3, -0.25) is 15.0 Å². The van der Waals surface area contributed by atoms with Crippen LogP contribution in [-0.2, 0) is 14.3 Å². The van der Waals surface area contributed by atoms with E-state index in [-0.39, 0.29) is 5.57 Å². The van der Waals surface area contributed by atoms with Crippen LogP contribution in [0.3, 0.4) is 0 Å². The molecule has 0 saturated carbocycles. The molecular formula is C20H18BrN3O4. The van der Waals surface area contributed by atoms with Crippen LogP contribution in [0, 0.1) is 0 Å². The number of rotatable bonds is 4. The van der Waals surface area contributed by atoms with E-state index in [0.717, 1.165) is 20.7 Å². The van der Waals surface area contributed by atoms with E-state index in [1.807, 2.05) is 37.2 Å². The van der Waals surface area contributed by atoms with E-state index in [1.165, 1.54) is 19.2 Å². The van der Waals surface area contributed by atoms with Gasteiger partial charge in [-0.2, -0.15) is 0 Å². The second-order valence-corrected chi connectivity index (χ2v) is 7.14. The van der Waals surface area contributed by atoms with Crippen LogP contribution in [0.1, 0.15) is 15.9 Å². The second kappa shape index (κ2) is 7.85. The first-order chi connectivity index (χ1) is 13.3. The fraction of sp³-hybridized carbons (Fsp3) is 0.150. The zero-order chi connectivity index (χ0) is 20.4. The Morgan fingerprint density at radius 2 is 1.82 bits per heavy atom. The number of halogens is 1. The predicted molar refractivity (Wildman–Crippen MR) is 110 cm³/mol. The molecule has 0 atom stereocenters. The first-order valence-corrected chi connectivity index (χ1v) is 9.13. The molecule has 2 aromatic carbocycles. The number of hydrogen-bond donors (Lipinski definition) is 1. The van der Waals surface area contributed by atoms with Gasteiger partial charge in [0, 0.05) is 18.6 Å². The van der Waals surface area contributed by atoms with Gasteiger partial charge >= 0.3 is 5.97 Å². The SMILES string of the molecule is COC(=O)c1ccc(N2NC(=O)/C(=C\c3ccc(N(C)C)c(Br)c3)C2=O)cc1. The monoisotopic (exact) mass is 443 g/mol. The summed E-state index contributed by atoms with van der Waals surface area (Å²) in [5, 5.41) is 1.15. The molecule has 2 amide bonds. The van der Waals surface area contributed by atoms with Crippen LogP contribution in [-0.4, -0.2) is 39.0 Å². The number of nitrogens with zero attached hydrogens (tertiary/aromatic N) is 2. The van der Waals surface area contributed by atoms with Crippen LogP contribution >= 0.6 is 15.9 Å². The average Bonchev–Trinajstić information content (AvgIpc) is 2.95. The minimum atomic E-state index is -0.491. The number of methoxy groups -OCH3 is 1. The van der Waals surface area contributed by atoms with E-state index in [4.69, 9.17) is 0 Å². The third-order valence-electron chi connectivity index (χ3n) is 4.20. The van der Waals surface area contributed by atoms with Gasteiger partial charge in [0.05, 0.1) is 24.0 Å². The highest BCUT2D eigenvalue weighted by atomic mass is 79.9. The summed E-state index contributed by atoms with van der Waals surface area (Å²) in [4.78, 5) is 38.5. The number of carbonyl (C=O) groups excluding carboxylic acids is 3. The number of esters is 1. The fourth-order valence-corrected chi connectivity index (χ4v) is 3.50. The van der Waals surface area contributed by atoms with Crippen molar-refractivity contribution in [2.24, 2.45) is 0 Å². The Morgan fingerprint density at radius 3 is 2.39 bits per heavy atom. The summed E-state index contributed by atoms with van der Waals surface area (Å²) in [5.41, 5.74) is 5.07. The Hall–Kier alpha value is -3.13. The van der Waals surface area contributed by atoms with E-state index >= 15 is 0 Å². The van der Waals surface area contributed by atoms with Crippen LogP contribution in [0.15, 0.2) is 52.5 Å². The smallest absolute Gasteiger partial charge is 0.337 e. The summed E-state index contributed by atoms with van der Waals surface area (Å²) < 4.78 is 5.51. The lowest BCUT2D eigenvalue weighted by Crippen LogP contribution is -2.35. The highest BCUT2D eigenvalue weighted by Gasteiger charge is 2.34. The molecule has 1 aliphatic rings. The van der Waals surface area contributed by atoms with E-state index in [0.29, 0.717) is 11.3 Å². The Balaban J connectivity index is 1.86. The lowest BCUT2D eigenvalue weighted by atomic mass is 10.1.